The zero-order valence-corrected chi connectivity index (χ0v) is 17.4. The molecule has 7 nitrogen and oxygen atoms in total. The van der Waals surface area contributed by atoms with Crippen LogP contribution in [0.2, 0.25) is 0 Å². The molecule has 2 aromatic rings. The number of nitrogens with one attached hydrogen (secondary N) is 1. The monoisotopic (exact) mass is 458 g/mol. The van der Waals surface area contributed by atoms with Gasteiger partial charge in [0.05, 0.1) is 19.3 Å². The lowest BCUT2D eigenvalue weighted by Crippen LogP contribution is -2.41. The van der Waals surface area contributed by atoms with Crippen LogP contribution in [0, 0.1) is 5.82 Å². The van der Waals surface area contributed by atoms with Gasteiger partial charge in [0.25, 0.3) is 5.91 Å². The molecule has 1 heterocycles. The fraction of sp³-hybridized carbons (Fsp3) is 0.350. The summed E-state index contributed by atoms with van der Waals surface area (Å²) in [5, 5.41) is 2.64. The number of rotatable bonds is 7. The molecule has 0 bridgehead atoms. The van der Waals surface area contributed by atoms with E-state index in [2.05, 4.69) is 10.1 Å². The Labute approximate surface area is 177 Å². The quantitative estimate of drug-likeness (QED) is 0.690. The number of carbonyl (C=O) groups is 1. The molecule has 0 aromatic heterocycles. The molecule has 31 heavy (non-hydrogen) atoms. The van der Waals surface area contributed by atoms with Crippen LogP contribution in [0.5, 0.6) is 5.75 Å². The van der Waals surface area contributed by atoms with Gasteiger partial charge in [-0.15, -0.1) is 0 Å². The molecule has 0 radical (unpaired) electrons. The average Bonchev–Trinajstić information content (AvgIpc) is 2.74. The van der Waals surface area contributed by atoms with Crippen molar-refractivity contribution in [1.29, 1.82) is 0 Å². The van der Waals surface area contributed by atoms with E-state index in [0.29, 0.717) is 5.56 Å². The number of sulfonamides is 1. The highest BCUT2D eigenvalue weighted by Gasteiger charge is 2.30. The first-order valence-electron chi connectivity index (χ1n) is 9.41. The minimum absolute atomic E-state index is 0.0555. The molecule has 1 N–H and O–H groups in total. The number of nitrogens with zero attached hydrogens (tertiary/aromatic N) is 1. The Morgan fingerprint density at radius 1 is 1.16 bits per heavy atom. The van der Waals surface area contributed by atoms with Gasteiger partial charge in [-0.3, -0.25) is 4.79 Å². The van der Waals surface area contributed by atoms with Crippen LogP contribution in [-0.4, -0.2) is 51.5 Å². The molecular weight excluding hydrogens is 437 g/mol. The molecule has 2 aromatic carbocycles. The Balaban J connectivity index is 1.79. The van der Waals surface area contributed by atoms with E-state index in [1.807, 2.05) is 0 Å². The molecule has 1 atom stereocenters. The van der Waals surface area contributed by atoms with Gasteiger partial charge in [-0.25, -0.2) is 12.8 Å². The van der Waals surface area contributed by atoms with E-state index in [4.69, 9.17) is 4.74 Å². The third kappa shape index (κ3) is 5.54. The Hall–Kier alpha value is -2.63. The van der Waals surface area contributed by atoms with Crippen molar-refractivity contribution in [2.75, 3.05) is 26.3 Å². The summed E-state index contributed by atoms with van der Waals surface area (Å²) in [6.07, 6.45) is 0. The number of hydrogen-bond donors (Lipinski definition) is 1. The number of alkyl halides is 2. The first-order chi connectivity index (χ1) is 14.7. The van der Waals surface area contributed by atoms with Crippen LogP contribution < -0.4 is 10.1 Å². The number of amides is 1. The van der Waals surface area contributed by atoms with Crippen LogP contribution >= 0.6 is 0 Å². The van der Waals surface area contributed by atoms with Gasteiger partial charge in [-0.2, -0.15) is 13.1 Å². The predicted molar refractivity (Wildman–Crippen MR) is 105 cm³/mol. The molecule has 168 valence electrons. The summed E-state index contributed by atoms with van der Waals surface area (Å²) in [7, 11) is -4.14. The number of halogens is 3. The van der Waals surface area contributed by atoms with Gasteiger partial charge < -0.3 is 14.8 Å². The van der Waals surface area contributed by atoms with Crippen LogP contribution in [0.1, 0.15) is 28.9 Å². The van der Waals surface area contributed by atoms with Gasteiger partial charge in [0.1, 0.15) is 16.5 Å². The lowest BCUT2D eigenvalue weighted by molar-refractivity contribution is -0.0499. The second-order valence-electron chi connectivity index (χ2n) is 6.81. The number of carbonyl (C=O) groups excluding carboxylic acids is 1. The average molecular weight is 458 g/mol. The summed E-state index contributed by atoms with van der Waals surface area (Å²) >= 11 is 0. The van der Waals surface area contributed by atoms with Crippen LogP contribution in [0.4, 0.5) is 13.2 Å². The highest BCUT2D eigenvalue weighted by Crippen LogP contribution is 2.24. The van der Waals surface area contributed by atoms with Crippen molar-refractivity contribution in [3.8, 4) is 5.75 Å². The maximum atomic E-state index is 14.3. The first kappa shape index (κ1) is 23.0. The summed E-state index contributed by atoms with van der Waals surface area (Å²) in [5.74, 6) is -1.67. The summed E-state index contributed by atoms with van der Waals surface area (Å²) in [6.45, 7) is -0.779. The van der Waals surface area contributed by atoms with Gasteiger partial charge >= 0.3 is 6.61 Å². The van der Waals surface area contributed by atoms with Crippen LogP contribution in [0.25, 0.3) is 0 Å². The Morgan fingerprint density at radius 3 is 2.55 bits per heavy atom. The molecule has 11 heteroatoms. The third-order valence-corrected chi connectivity index (χ3v) is 6.63. The van der Waals surface area contributed by atoms with Crippen LogP contribution in [-0.2, 0) is 14.8 Å². The lowest BCUT2D eigenvalue weighted by Gasteiger charge is -2.26. The van der Waals surface area contributed by atoms with E-state index in [1.165, 1.54) is 24.3 Å². The third-order valence-electron chi connectivity index (χ3n) is 4.71. The molecule has 0 aliphatic carbocycles. The molecular formula is C20H21F3N2O5S. The second-order valence-corrected chi connectivity index (χ2v) is 8.71. The van der Waals surface area contributed by atoms with Crippen molar-refractivity contribution < 1.29 is 35.9 Å². The fourth-order valence-electron chi connectivity index (χ4n) is 3.09. The molecule has 1 amide bonds. The molecule has 3 rings (SSSR count). The SMILES string of the molecule is CC(NC(=O)c1ccc(F)c(S(=O)(=O)N2CCOCC2)c1)c1cccc(OC(F)F)c1. The summed E-state index contributed by atoms with van der Waals surface area (Å²) in [4.78, 5) is 12.0. The minimum atomic E-state index is -4.14. The molecule has 1 saturated heterocycles. The van der Waals surface area contributed by atoms with Crippen molar-refractivity contribution in [3.05, 3.63) is 59.4 Å². The van der Waals surface area contributed by atoms with E-state index in [9.17, 15) is 26.4 Å². The summed E-state index contributed by atoms with van der Waals surface area (Å²) in [5.41, 5.74) is 0.440. The summed E-state index contributed by atoms with van der Waals surface area (Å²) in [6, 6.07) is 8.29. The van der Waals surface area contributed by atoms with Crippen molar-refractivity contribution in [2.24, 2.45) is 0 Å². The number of ether oxygens (including phenoxy) is 2. The smallest absolute Gasteiger partial charge is 0.387 e. The van der Waals surface area contributed by atoms with E-state index in [0.717, 1.165) is 16.4 Å². The van der Waals surface area contributed by atoms with Crippen molar-refractivity contribution >= 4 is 15.9 Å². The number of morpholine rings is 1. The lowest BCUT2D eigenvalue weighted by atomic mass is 10.1. The molecule has 1 unspecified atom stereocenters. The van der Waals surface area contributed by atoms with Gasteiger partial charge in [0, 0.05) is 18.7 Å². The number of hydrogen-bond acceptors (Lipinski definition) is 5. The summed E-state index contributed by atoms with van der Waals surface area (Å²) < 4.78 is 75.3. The fourth-order valence-corrected chi connectivity index (χ4v) is 4.59. The molecule has 1 aliphatic heterocycles. The highest BCUT2D eigenvalue weighted by molar-refractivity contribution is 7.89. The van der Waals surface area contributed by atoms with Gasteiger partial charge in [0.15, 0.2) is 0 Å². The van der Waals surface area contributed by atoms with Crippen molar-refractivity contribution in [2.45, 2.75) is 24.5 Å². The van der Waals surface area contributed by atoms with Crippen molar-refractivity contribution in [1.82, 2.24) is 9.62 Å². The van der Waals surface area contributed by atoms with Gasteiger partial charge in [0.2, 0.25) is 10.0 Å². The normalized spacial score (nSPS) is 16.2. The van der Waals surface area contributed by atoms with Crippen molar-refractivity contribution in [3.63, 3.8) is 0 Å². The van der Waals surface area contributed by atoms with Crippen LogP contribution in [0.15, 0.2) is 47.4 Å². The van der Waals surface area contributed by atoms with E-state index in [1.54, 1.807) is 13.0 Å². The predicted octanol–water partition coefficient (Wildman–Crippen LogP) is 2.94. The van der Waals surface area contributed by atoms with Gasteiger partial charge in [-0.1, -0.05) is 12.1 Å². The Bertz CT molecular complexity index is 1040. The minimum Gasteiger partial charge on any atom is -0.435 e. The first-order valence-corrected chi connectivity index (χ1v) is 10.9. The standard InChI is InChI=1S/C20H21F3N2O5S/c1-13(14-3-2-4-16(11-14)30-20(22)23)24-19(26)15-5-6-17(21)18(12-15)31(27,28)25-7-9-29-10-8-25/h2-6,11-13,20H,7-10H2,1H3,(H,24,26). The highest BCUT2D eigenvalue weighted by atomic mass is 32.2. The maximum Gasteiger partial charge on any atom is 0.387 e. The molecule has 1 aliphatic rings. The zero-order chi connectivity index (χ0) is 22.6. The zero-order valence-electron chi connectivity index (χ0n) is 16.6. The largest absolute Gasteiger partial charge is 0.435 e. The Kier molecular flexibility index (Phi) is 7.19. The van der Waals surface area contributed by atoms with E-state index >= 15 is 0 Å². The second kappa shape index (κ2) is 9.67. The molecule has 1 fully saturated rings. The van der Waals surface area contributed by atoms with Gasteiger partial charge in [-0.05, 0) is 42.8 Å². The van der Waals surface area contributed by atoms with E-state index < -0.39 is 39.3 Å². The molecule has 0 spiro atoms. The maximum absolute atomic E-state index is 14.3. The van der Waals surface area contributed by atoms with Crippen LogP contribution in [0.3, 0.4) is 0 Å². The number of benzene rings is 2. The topological polar surface area (TPSA) is 84.9 Å². The Morgan fingerprint density at radius 2 is 1.87 bits per heavy atom. The van der Waals surface area contributed by atoms with E-state index in [-0.39, 0.29) is 37.6 Å². The molecule has 0 saturated carbocycles.